The standard InChI is InChI=1S/C61H99N2O6P/c1-6-8-10-12-14-16-17-18-19-20-21-22-23-24-25-26-27-28-29-30-31-32-33-34-35-36-37-38-39-40-41-42-43-44-45-47-49-51-53-55-61(65)62-59(58-69-70(66,67)68-57-56-63(3,4)5)60(64)54-52-50-48-46-15-13-11-9-7-2/h7-10,14-16,18-19,21-22,24-25,27-28,30-31,33-34,36-37,39-40,46,52,54,59-60,64H,6,11-13,17,20,23,26,29,32,35,38,41-45,47-51,53,55-58H2,1-5H3,(H-,62,65,66,67)/b9-7+,10-8-,16-14-,19-18-,22-21-,25-24-,28-27-,31-30-,34-33-,37-36-,40-39-,46-15+,54-52+. The number of hydrogen-bond acceptors (Lipinski definition) is 6. The van der Waals surface area contributed by atoms with Crippen molar-refractivity contribution in [1.82, 2.24) is 5.32 Å². The Balaban J connectivity index is 4.10. The maximum absolute atomic E-state index is 12.9. The smallest absolute Gasteiger partial charge is 0.268 e. The number of nitrogens with zero attached hydrogens (tertiary/aromatic N) is 1. The highest BCUT2D eigenvalue weighted by atomic mass is 31.2. The Morgan fingerprint density at radius 1 is 0.529 bits per heavy atom. The van der Waals surface area contributed by atoms with Crippen LogP contribution in [0.1, 0.15) is 168 Å². The summed E-state index contributed by atoms with van der Waals surface area (Å²) in [6.45, 7) is 4.22. The highest BCUT2D eigenvalue weighted by molar-refractivity contribution is 7.45. The fraction of sp³-hybridized carbons (Fsp3) is 0.557. The maximum atomic E-state index is 12.9. The van der Waals surface area contributed by atoms with Gasteiger partial charge in [-0.2, -0.15) is 0 Å². The summed E-state index contributed by atoms with van der Waals surface area (Å²) in [7, 11) is 1.20. The molecule has 0 aromatic carbocycles. The number of allylic oxidation sites excluding steroid dienone is 25. The number of likely N-dealkylation sites (N-methyl/N-ethyl adjacent to an activating group) is 1. The van der Waals surface area contributed by atoms with Crippen molar-refractivity contribution in [2.24, 2.45) is 0 Å². The first-order chi connectivity index (χ1) is 34.0. The summed E-state index contributed by atoms with van der Waals surface area (Å²) in [5.74, 6) is -0.232. The van der Waals surface area contributed by atoms with E-state index in [9.17, 15) is 19.4 Å². The minimum atomic E-state index is -4.61. The number of phosphoric ester groups is 1. The average molecular weight is 987 g/mol. The Hall–Kier alpha value is -3.88. The van der Waals surface area contributed by atoms with Crippen molar-refractivity contribution in [2.45, 2.75) is 180 Å². The molecule has 1 amide bonds. The van der Waals surface area contributed by atoms with Crippen LogP contribution in [0.5, 0.6) is 0 Å². The molecule has 0 saturated carbocycles. The first kappa shape index (κ1) is 66.1. The van der Waals surface area contributed by atoms with Gasteiger partial charge in [0.25, 0.3) is 7.82 Å². The molecule has 8 nitrogen and oxygen atoms in total. The minimum absolute atomic E-state index is 0.0197. The predicted octanol–water partition coefficient (Wildman–Crippen LogP) is 15.7. The van der Waals surface area contributed by atoms with Gasteiger partial charge in [-0.25, -0.2) is 0 Å². The lowest BCUT2D eigenvalue weighted by atomic mass is 10.1. The molecule has 0 saturated heterocycles. The third-order valence-electron chi connectivity index (χ3n) is 10.8. The first-order valence-corrected chi connectivity index (χ1v) is 28.3. The molecule has 0 rings (SSSR count). The normalized spacial score (nSPS) is 15.2. The third-order valence-corrected chi connectivity index (χ3v) is 11.8. The second-order valence-corrected chi connectivity index (χ2v) is 19.9. The zero-order valence-electron chi connectivity index (χ0n) is 44.6. The molecule has 0 radical (unpaired) electrons. The zero-order chi connectivity index (χ0) is 51.3. The van der Waals surface area contributed by atoms with E-state index >= 15 is 0 Å². The van der Waals surface area contributed by atoms with E-state index < -0.39 is 26.6 Å². The van der Waals surface area contributed by atoms with Gasteiger partial charge in [0.15, 0.2) is 0 Å². The molecule has 0 aromatic rings. The molecule has 0 bridgehead atoms. The van der Waals surface area contributed by atoms with Crippen LogP contribution >= 0.6 is 7.82 Å². The number of unbranched alkanes of at least 4 members (excludes halogenated alkanes) is 10. The van der Waals surface area contributed by atoms with E-state index in [1.54, 1.807) is 6.08 Å². The van der Waals surface area contributed by atoms with Gasteiger partial charge < -0.3 is 28.8 Å². The van der Waals surface area contributed by atoms with Gasteiger partial charge >= 0.3 is 0 Å². The number of nitrogens with one attached hydrogen (secondary N) is 1. The summed E-state index contributed by atoms with van der Waals surface area (Å²) in [6.07, 6.45) is 79.3. The van der Waals surface area contributed by atoms with E-state index in [1.165, 1.54) is 25.7 Å². The largest absolute Gasteiger partial charge is 0.756 e. The summed E-state index contributed by atoms with van der Waals surface area (Å²) in [5, 5.41) is 13.7. The van der Waals surface area contributed by atoms with Crippen molar-refractivity contribution >= 4 is 13.7 Å². The Kier molecular flexibility index (Phi) is 47.3. The average Bonchev–Trinajstić information content (AvgIpc) is 3.32. The molecule has 2 N–H and O–H groups in total. The quantitative estimate of drug-likeness (QED) is 0.0272. The fourth-order valence-corrected chi connectivity index (χ4v) is 7.35. The predicted molar refractivity (Wildman–Crippen MR) is 301 cm³/mol. The molecule has 70 heavy (non-hydrogen) atoms. The third kappa shape index (κ3) is 52.0. The summed E-state index contributed by atoms with van der Waals surface area (Å²) >= 11 is 0. The van der Waals surface area contributed by atoms with Gasteiger partial charge in [0.1, 0.15) is 13.2 Å². The molecule has 3 unspecified atom stereocenters. The van der Waals surface area contributed by atoms with Crippen LogP contribution in [-0.2, 0) is 18.4 Å². The molecular formula is C61H99N2O6P. The molecular weight excluding hydrogens is 888 g/mol. The van der Waals surface area contributed by atoms with Crippen molar-refractivity contribution in [2.75, 3.05) is 40.9 Å². The number of quaternary nitrogens is 1. The van der Waals surface area contributed by atoms with Gasteiger partial charge in [0.2, 0.25) is 5.91 Å². The molecule has 0 aliphatic rings. The second-order valence-electron chi connectivity index (χ2n) is 18.5. The van der Waals surface area contributed by atoms with Gasteiger partial charge in [-0.05, 0) is 116 Å². The Labute approximate surface area is 429 Å². The number of aliphatic hydroxyl groups is 1. The molecule has 9 heteroatoms. The fourth-order valence-electron chi connectivity index (χ4n) is 6.63. The summed E-state index contributed by atoms with van der Waals surface area (Å²) in [4.78, 5) is 25.3. The van der Waals surface area contributed by atoms with Crippen molar-refractivity contribution in [1.29, 1.82) is 0 Å². The molecule has 0 aliphatic heterocycles. The monoisotopic (exact) mass is 987 g/mol. The van der Waals surface area contributed by atoms with Crippen LogP contribution in [-0.4, -0.2) is 68.5 Å². The number of rotatable bonds is 46. The molecule has 3 atom stereocenters. The van der Waals surface area contributed by atoms with E-state index in [-0.39, 0.29) is 12.5 Å². The lowest BCUT2D eigenvalue weighted by molar-refractivity contribution is -0.870. The Morgan fingerprint density at radius 3 is 1.33 bits per heavy atom. The van der Waals surface area contributed by atoms with Crippen LogP contribution in [0.25, 0.3) is 0 Å². The van der Waals surface area contributed by atoms with Crippen LogP contribution in [0.3, 0.4) is 0 Å². The van der Waals surface area contributed by atoms with Crippen LogP contribution in [0.2, 0.25) is 0 Å². The van der Waals surface area contributed by atoms with Crippen molar-refractivity contribution in [3.63, 3.8) is 0 Å². The van der Waals surface area contributed by atoms with E-state index in [0.29, 0.717) is 23.9 Å². The van der Waals surface area contributed by atoms with Gasteiger partial charge in [-0.15, -0.1) is 0 Å². The zero-order valence-corrected chi connectivity index (χ0v) is 45.5. The van der Waals surface area contributed by atoms with Crippen molar-refractivity contribution < 1.29 is 32.9 Å². The molecule has 0 heterocycles. The minimum Gasteiger partial charge on any atom is -0.756 e. The lowest BCUT2D eigenvalue weighted by Crippen LogP contribution is -2.45. The van der Waals surface area contributed by atoms with Crippen LogP contribution in [0, 0.1) is 0 Å². The highest BCUT2D eigenvalue weighted by Crippen LogP contribution is 2.38. The lowest BCUT2D eigenvalue weighted by Gasteiger charge is -2.29. The number of hydrogen-bond donors (Lipinski definition) is 2. The van der Waals surface area contributed by atoms with Gasteiger partial charge in [-0.3, -0.25) is 9.36 Å². The molecule has 0 aromatic heterocycles. The van der Waals surface area contributed by atoms with E-state index in [2.05, 4.69) is 152 Å². The van der Waals surface area contributed by atoms with Crippen LogP contribution in [0.4, 0.5) is 0 Å². The SMILES string of the molecule is C/C=C/CC/C=C/CC/C=C/C(O)C(COP(=O)([O-])OCC[N+](C)(C)C)NC(=O)CCCCCCCCCC/C=C\C/C=C\C/C=C\C/C=C\C/C=C\C/C=C\C/C=C\C/C=C\C/C=C\C/C=C\CC. The van der Waals surface area contributed by atoms with Crippen molar-refractivity contribution in [3.05, 3.63) is 158 Å². The van der Waals surface area contributed by atoms with Crippen molar-refractivity contribution in [3.8, 4) is 0 Å². The molecule has 394 valence electrons. The first-order valence-electron chi connectivity index (χ1n) is 26.8. The summed E-state index contributed by atoms with van der Waals surface area (Å²) in [6, 6.07) is -0.923. The number of phosphoric acid groups is 1. The molecule has 0 fully saturated rings. The Morgan fingerprint density at radius 2 is 0.900 bits per heavy atom. The number of aliphatic hydroxyl groups excluding tert-OH is 1. The molecule has 0 spiro atoms. The second kappa shape index (κ2) is 50.1. The number of carbonyl (C=O) groups excluding carboxylic acids is 1. The van der Waals surface area contributed by atoms with Gasteiger partial charge in [0.05, 0.1) is 39.9 Å². The number of carbonyl (C=O) groups is 1. The number of amides is 1. The summed E-state index contributed by atoms with van der Waals surface area (Å²) < 4.78 is 23.1. The maximum Gasteiger partial charge on any atom is 0.268 e. The van der Waals surface area contributed by atoms with E-state index in [1.807, 2.05) is 40.2 Å². The van der Waals surface area contributed by atoms with E-state index in [0.717, 1.165) is 116 Å². The summed E-state index contributed by atoms with van der Waals surface area (Å²) in [5.41, 5.74) is 0. The topological polar surface area (TPSA) is 108 Å². The van der Waals surface area contributed by atoms with E-state index in [4.69, 9.17) is 9.05 Å². The van der Waals surface area contributed by atoms with Gasteiger partial charge in [0, 0.05) is 6.42 Å². The molecule has 0 aliphatic carbocycles. The Bertz CT molecular complexity index is 1690. The highest BCUT2D eigenvalue weighted by Gasteiger charge is 2.23. The van der Waals surface area contributed by atoms with Crippen LogP contribution in [0.15, 0.2) is 158 Å². The van der Waals surface area contributed by atoms with Crippen LogP contribution < -0.4 is 10.2 Å². The van der Waals surface area contributed by atoms with Gasteiger partial charge in [-0.1, -0.05) is 203 Å².